The first kappa shape index (κ1) is 13.7. The van der Waals surface area contributed by atoms with Crippen LogP contribution < -0.4 is 11.1 Å². The molecule has 6 nitrogen and oxygen atoms in total. The molecule has 1 aromatic heterocycles. The van der Waals surface area contributed by atoms with Gasteiger partial charge in [0.15, 0.2) is 5.57 Å². The Kier molecular flexibility index (Phi) is 4.90. The van der Waals surface area contributed by atoms with Gasteiger partial charge in [0.2, 0.25) is 0 Å². The van der Waals surface area contributed by atoms with Crippen LogP contribution in [0.2, 0.25) is 0 Å². The molecule has 1 amide bonds. The number of hydrogen-bond acceptors (Lipinski definition) is 6. The van der Waals surface area contributed by atoms with Gasteiger partial charge in [-0.2, -0.15) is 5.26 Å². The fraction of sp³-hybridized carbons (Fsp3) is 0.182. The summed E-state index contributed by atoms with van der Waals surface area (Å²) in [6.45, 7) is 1.83. The van der Waals surface area contributed by atoms with Crippen LogP contribution in [0.3, 0.4) is 0 Å². The van der Waals surface area contributed by atoms with Gasteiger partial charge in [0.05, 0.1) is 12.2 Å². The Bertz CT molecular complexity index is 528. The predicted octanol–water partition coefficient (Wildman–Crippen LogP) is 1.23. The van der Waals surface area contributed by atoms with Gasteiger partial charge in [0, 0.05) is 6.20 Å². The van der Waals surface area contributed by atoms with Crippen LogP contribution in [0, 0.1) is 11.3 Å². The third-order valence-electron chi connectivity index (χ3n) is 1.89. The summed E-state index contributed by atoms with van der Waals surface area (Å²) < 4.78 is 4.68. The van der Waals surface area contributed by atoms with E-state index in [-0.39, 0.29) is 12.2 Å². The van der Waals surface area contributed by atoms with Crippen LogP contribution in [0.15, 0.2) is 23.2 Å². The van der Waals surface area contributed by atoms with Crippen LogP contribution in [0.25, 0.3) is 0 Å². The number of nitriles is 1. The lowest BCUT2D eigenvalue weighted by Gasteiger charge is -2.02. The molecule has 1 heterocycles. The summed E-state index contributed by atoms with van der Waals surface area (Å²) in [4.78, 5) is 22.4. The van der Waals surface area contributed by atoms with Crippen molar-refractivity contribution in [3.63, 3.8) is 0 Å². The average molecular weight is 265 g/mol. The first-order chi connectivity index (χ1) is 8.60. The summed E-state index contributed by atoms with van der Waals surface area (Å²) in [7, 11) is 0. The van der Waals surface area contributed by atoms with E-state index in [9.17, 15) is 9.59 Å². The number of ether oxygens (including phenoxy) is 1. The highest BCUT2D eigenvalue weighted by Gasteiger charge is 2.12. The smallest absolute Gasteiger partial charge is 0.350 e. The number of nitrogens with two attached hydrogens (primary N) is 1. The molecule has 1 aromatic rings. The van der Waals surface area contributed by atoms with Crippen LogP contribution in [0.4, 0.5) is 5.00 Å². The summed E-state index contributed by atoms with van der Waals surface area (Å²) in [5.74, 6) is -1.30. The predicted molar refractivity (Wildman–Crippen MR) is 66.8 cm³/mol. The Hall–Kier alpha value is -2.33. The number of esters is 1. The van der Waals surface area contributed by atoms with E-state index in [1.807, 2.05) is 0 Å². The molecule has 0 saturated heterocycles. The molecule has 18 heavy (non-hydrogen) atoms. The number of primary amides is 1. The molecule has 0 unspecified atom stereocenters. The van der Waals surface area contributed by atoms with Gasteiger partial charge in [-0.05, 0) is 18.4 Å². The van der Waals surface area contributed by atoms with Crippen LogP contribution in [-0.2, 0) is 9.53 Å². The number of carbonyl (C=O) groups excluding carboxylic acids is 2. The number of amides is 1. The van der Waals surface area contributed by atoms with E-state index in [0.717, 1.165) is 0 Å². The Labute approximate surface area is 108 Å². The van der Waals surface area contributed by atoms with E-state index in [1.165, 1.54) is 17.5 Å². The number of nitrogens with one attached hydrogen (secondary N) is 1. The Morgan fingerprint density at radius 2 is 2.39 bits per heavy atom. The summed E-state index contributed by atoms with van der Waals surface area (Å²) in [5, 5.41) is 13.6. The van der Waals surface area contributed by atoms with E-state index in [2.05, 4.69) is 10.1 Å². The first-order valence-electron chi connectivity index (χ1n) is 5.01. The molecular weight excluding hydrogens is 254 g/mol. The molecule has 7 heteroatoms. The van der Waals surface area contributed by atoms with Crippen molar-refractivity contribution in [3.05, 3.63) is 28.8 Å². The van der Waals surface area contributed by atoms with Crippen molar-refractivity contribution in [1.29, 1.82) is 5.26 Å². The zero-order valence-electron chi connectivity index (χ0n) is 9.60. The first-order valence-corrected chi connectivity index (χ1v) is 5.89. The quantitative estimate of drug-likeness (QED) is 0.473. The van der Waals surface area contributed by atoms with Gasteiger partial charge in [0.25, 0.3) is 5.91 Å². The van der Waals surface area contributed by atoms with Gasteiger partial charge < -0.3 is 15.8 Å². The summed E-state index contributed by atoms with van der Waals surface area (Å²) in [6, 6.07) is 3.27. The largest absolute Gasteiger partial charge is 0.462 e. The average Bonchev–Trinajstić information content (AvgIpc) is 2.78. The van der Waals surface area contributed by atoms with Crippen molar-refractivity contribution in [2.24, 2.45) is 5.73 Å². The van der Waals surface area contributed by atoms with Crippen molar-refractivity contribution in [1.82, 2.24) is 0 Å². The molecule has 0 atom stereocenters. The van der Waals surface area contributed by atoms with Crippen molar-refractivity contribution in [2.75, 3.05) is 11.9 Å². The van der Waals surface area contributed by atoms with E-state index >= 15 is 0 Å². The van der Waals surface area contributed by atoms with Crippen LogP contribution >= 0.6 is 11.3 Å². The number of anilines is 1. The summed E-state index contributed by atoms with van der Waals surface area (Å²) >= 11 is 1.24. The lowest BCUT2D eigenvalue weighted by atomic mass is 10.3. The second-order valence-electron chi connectivity index (χ2n) is 3.06. The monoisotopic (exact) mass is 265 g/mol. The van der Waals surface area contributed by atoms with Crippen molar-refractivity contribution in [2.45, 2.75) is 6.92 Å². The lowest BCUT2D eigenvalue weighted by Crippen LogP contribution is -2.12. The molecule has 0 radical (unpaired) electrons. The minimum Gasteiger partial charge on any atom is -0.462 e. The normalized spacial score (nSPS) is 10.6. The van der Waals surface area contributed by atoms with Gasteiger partial charge in [-0.25, -0.2) is 4.79 Å². The maximum Gasteiger partial charge on any atom is 0.350 e. The number of carbonyl (C=O) groups is 2. The SMILES string of the molecule is CCOC(=O)/C(C#N)=C/Nc1sccc1C(N)=O. The lowest BCUT2D eigenvalue weighted by molar-refractivity contribution is -0.138. The maximum atomic E-state index is 11.3. The number of rotatable bonds is 5. The highest BCUT2D eigenvalue weighted by atomic mass is 32.1. The van der Waals surface area contributed by atoms with Crippen molar-refractivity contribution < 1.29 is 14.3 Å². The molecule has 0 bridgehead atoms. The molecule has 94 valence electrons. The number of thiophene rings is 1. The molecular formula is C11H11N3O3S. The molecule has 0 aliphatic rings. The minimum absolute atomic E-state index is 0.180. The molecule has 0 aliphatic heterocycles. The van der Waals surface area contributed by atoms with Gasteiger partial charge >= 0.3 is 5.97 Å². The van der Waals surface area contributed by atoms with Crippen molar-refractivity contribution >= 4 is 28.2 Å². The summed E-state index contributed by atoms with van der Waals surface area (Å²) in [6.07, 6.45) is 1.19. The molecule has 0 aromatic carbocycles. The van der Waals surface area contributed by atoms with Gasteiger partial charge in [0.1, 0.15) is 11.1 Å². The fourth-order valence-corrected chi connectivity index (χ4v) is 1.86. The van der Waals surface area contributed by atoms with E-state index in [4.69, 9.17) is 11.0 Å². The zero-order valence-corrected chi connectivity index (χ0v) is 10.4. The second kappa shape index (κ2) is 6.42. The van der Waals surface area contributed by atoms with E-state index in [0.29, 0.717) is 10.6 Å². The zero-order chi connectivity index (χ0) is 13.5. The van der Waals surface area contributed by atoms with Crippen LogP contribution in [0.1, 0.15) is 17.3 Å². The third kappa shape index (κ3) is 3.33. The molecule has 0 fully saturated rings. The molecule has 0 saturated carbocycles. The highest BCUT2D eigenvalue weighted by Crippen LogP contribution is 2.22. The third-order valence-corrected chi connectivity index (χ3v) is 2.74. The fourth-order valence-electron chi connectivity index (χ4n) is 1.10. The molecule has 3 N–H and O–H groups in total. The van der Waals surface area contributed by atoms with E-state index in [1.54, 1.807) is 24.4 Å². The van der Waals surface area contributed by atoms with Gasteiger partial charge in [-0.1, -0.05) is 0 Å². The molecule has 1 rings (SSSR count). The Morgan fingerprint density at radius 3 is 2.94 bits per heavy atom. The summed E-state index contributed by atoms with van der Waals surface area (Å²) in [5.41, 5.74) is 5.28. The standard InChI is InChI=1S/C11H11N3O3S/c1-2-17-11(16)7(5-12)6-14-10-8(9(13)15)3-4-18-10/h3-4,6,14H,2H2,1H3,(H2,13,15)/b7-6+. The molecule has 0 spiro atoms. The maximum absolute atomic E-state index is 11.3. The van der Waals surface area contributed by atoms with Gasteiger partial charge in [-0.15, -0.1) is 11.3 Å². The van der Waals surface area contributed by atoms with Gasteiger partial charge in [-0.3, -0.25) is 4.79 Å². The number of hydrogen-bond donors (Lipinski definition) is 2. The minimum atomic E-state index is -0.718. The Morgan fingerprint density at radius 1 is 1.67 bits per heavy atom. The van der Waals surface area contributed by atoms with Crippen LogP contribution in [-0.4, -0.2) is 18.5 Å². The Balaban J connectivity index is 2.84. The number of nitrogens with zero attached hydrogens (tertiary/aromatic N) is 1. The van der Waals surface area contributed by atoms with E-state index < -0.39 is 11.9 Å². The van der Waals surface area contributed by atoms with Crippen LogP contribution in [0.5, 0.6) is 0 Å². The van der Waals surface area contributed by atoms with Crippen molar-refractivity contribution in [3.8, 4) is 6.07 Å². The highest BCUT2D eigenvalue weighted by molar-refractivity contribution is 7.14. The second-order valence-corrected chi connectivity index (χ2v) is 3.98. The molecule has 0 aliphatic carbocycles. The topological polar surface area (TPSA) is 105 Å².